The molecule has 0 saturated heterocycles. The minimum atomic E-state index is -3.60. The molecular weight excluding hydrogens is 881 g/mol. The van der Waals surface area contributed by atoms with E-state index in [-0.39, 0.29) is 0 Å². The zero-order chi connectivity index (χ0) is 27.0. The summed E-state index contributed by atoms with van der Waals surface area (Å²) in [5, 5.41) is 9.22. The van der Waals surface area contributed by atoms with Gasteiger partial charge >= 0.3 is 0 Å². The Morgan fingerprint density at radius 1 is 0.250 bits per heavy atom. The molecule has 0 aromatic heterocycles. The van der Waals surface area contributed by atoms with Crippen molar-refractivity contribution in [3.63, 3.8) is 0 Å². The topological polar surface area (TPSA) is 19.9 Å². The van der Waals surface area contributed by atoms with E-state index in [1.165, 1.54) is 0 Å². The summed E-state index contributed by atoms with van der Waals surface area (Å²) in [5.74, 6) is 0. The first-order valence-corrected chi connectivity index (χ1v) is 14.4. The van der Waals surface area contributed by atoms with Gasteiger partial charge in [-0.3, -0.25) is 0 Å². The van der Waals surface area contributed by atoms with Crippen LogP contribution in [0, 0.1) is 0 Å². The Labute approximate surface area is 287 Å². The number of alkyl halides is 21. The molecule has 0 amide bonds. The van der Waals surface area contributed by atoms with Crippen molar-refractivity contribution in [3.05, 3.63) is 0 Å². The third-order valence-electron chi connectivity index (χ3n) is 3.49. The summed E-state index contributed by atoms with van der Waals surface area (Å²) < 4.78 is -28.2. The molecule has 0 aromatic carbocycles. The Bertz CT molecular complexity index is 632. The van der Waals surface area contributed by atoms with E-state index >= 15 is 0 Å². The quantitative estimate of drug-likeness (QED) is 0.227. The van der Waals surface area contributed by atoms with E-state index in [9.17, 15) is 5.11 Å². The van der Waals surface area contributed by atoms with Crippen molar-refractivity contribution in [1.82, 2.24) is 0 Å². The maximum Gasteiger partial charge on any atom is 0.258 e. The van der Waals surface area contributed by atoms with Crippen LogP contribution in [0.2, 0.25) is 0 Å². The molecule has 0 heterocycles. The molecule has 1 nitrogen and oxygen atoms in total. The smallest absolute Gasteiger partial charge is 0.204 e. The molecule has 1 atom stereocenters. The van der Waals surface area contributed by atoms with E-state index in [1.807, 2.05) is 0 Å². The predicted octanol–water partition coefficient (Wildman–Crippen LogP) is 12.3. The summed E-state index contributed by atoms with van der Waals surface area (Å²) in [5.41, 5.74) is 0. The van der Waals surface area contributed by atoms with Gasteiger partial charge in [-0.2, -0.15) is 0 Å². The van der Waals surface area contributed by atoms with E-state index in [4.69, 9.17) is 244 Å². The van der Waals surface area contributed by atoms with Crippen LogP contribution in [0.3, 0.4) is 0 Å². The minimum absolute atomic E-state index is 2.71. The van der Waals surface area contributed by atoms with Crippen LogP contribution in [0.25, 0.3) is 0 Å². The number of hydrogen-bond acceptors (Lipinski definition) is 0. The van der Waals surface area contributed by atoms with Crippen LogP contribution in [0.5, 0.6) is 0 Å². The average molecular weight is 881 g/mol. The van der Waals surface area contributed by atoms with Crippen molar-refractivity contribution < 1.29 is 5.11 Å². The van der Waals surface area contributed by atoms with Crippen LogP contribution in [-0.4, -0.2) is 43.0 Å². The van der Waals surface area contributed by atoms with Crippen molar-refractivity contribution >= 4 is 244 Å². The summed E-state index contributed by atoms with van der Waals surface area (Å²) in [6.07, 6.45) is 0. The fourth-order valence-corrected chi connectivity index (χ4v) is 7.85. The SMILES string of the molecule is [O]C(Cl)(C(Cl)(Cl)Cl)C(Cl)(Cl)C(Cl)(Cl)C(Cl)(Cl)C(Cl)(Cl)C(Cl)(Cl)C(Cl)(Cl)C(Cl)(Cl)C(Cl)(Cl)Cl. The normalized spacial score (nSPS) is 18.6. The van der Waals surface area contributed by atoms with Crippen LogP contribution in [0.4, 0.5) is 0 Å². The fourth-order valence-electron chi connectivity index (χ4n) is 1.54. The highest BCUT2D eigenvalue weighted by Gasteiger charge is 2.84. The Hall–Kier alpha value is 6.05. The lowest BCUT2D eigenvalue weighted by molar-refractivity contribution is 0.0294. The Balaban J connectivity index is 7.00. The molecule has 0 aromatic rings. The molecule has 193 valence electrons. The second-order valence-electron chi connectivity index (χ2n) is 5.61. The highest BCUT2D eigenvalue weighted by molar-refractivity contribution is 6.83. The van der Waals surface area contributed by atoms with E-state index in [0.717, 1.165) is 0 Å². The molecule has 0 aliphatic carbocycles. The average Bonchev–Trinajstić information content (AvgIpc) is 2.51. The van der Waals surface area contributed by atoms with Crippen molar-refractivity contribution in [1.29, 1.82) is 0 Å². The number of hydrogen-bond donors (Lipinski definition) is 0. The van der Waals surface area contributed by atoms with Gasteiger partial charge in [0, 0.05) is 0 Å². The lowest BCUT2D eigenvalue weighted by Crippen LogP contribution is -2.72. The van der Waals surface area contributed by atoms with Crippen molar-refractivity contribution in [3.8, 4) is 0 Å². The van der Waals surface area contributed by atoms with Gasteiger partial charge in [0.05, 0.1) is 0 Å². The van der Waals surface area contributed by atoms with Gasteiger partial charge in [-0.25, -0.2) is 5.11 Å². The second kappa shape index (κ2) is 11.0. The van der Waals surface area contributed by atoms with E-state index in [1.54, 1.807) is 0 Å². The summed E-state index contributed by atoms with van der Waals surface area (Å²) in [4.78, 5) is 0. The first-order valence-electron chi connectivity index (χ1n) is 6.42. The number of halogens is 21. The largest absolute Gasteiger partial charge is 0.258 e. The van der Waals surface area contributed by atoms with Gasteiger partial charge in [0.15, 0.2) is 21.7 Å². The fraction of sp³-hybridized carbons (Fsp3) is 1.00. The molecule has 1 radical (unpaired) electrons. The van der Waals surface area contributed by atoms with E-state index in [2.05, 4.69) is 0 Å². The highest BCUT2D eigenvalue weighted by Crippen LogP contribution is 2.74. The van der Waals surface area contributed by atoms with Gasteiger partial charge in [0.2, 0.25) is 16.3 Å². The highest BCUT2D eigenvalue weighted by atomic mass is 35.6. The third kappa shape index (κ3) is 5.84. The molecule has 0 saturated carbocycles. The first kappa shape index (κ1) is 38.0. The molecule has 0 spiro atoms. The zero-order valence-electron chi connectivity index (χ0n) is 13.3. The predicted molar refractivity (Wildman–Crippen MR) is 151 cm³/mol. The van der Waals surface area contributed by atoms with E-state index in [0.29, 0.717) is 0 Å². The summed E-state index contributed by atoms with van der Waals surface area (Å²) in [6, 6.07) is 0. The minimum Gasteiger partial charge on any atom is -0.204 e. The van der Waals surface area contributed by atoms with Crippen LogP contribution in [-0.2, 0) is 5.11 Å². The molecular formula is C10Cl21O. The first-order chi connectivity index (χ1) is 13.2. The standard InChI is InChI=1S/C10Cl21O/c11-1(12,3(15,16)5(19,20)7(23,24)9(26,27)28)2(13,14)4(17,18)6(21,22)8(25,32)10(29,30)31. The van der Waals surface area contributed by atoms with Crippen LogP contribution >= 0.6 is 244 Å². The Morgan fingerprint density at radius 3 is 0.625 bits per heavy atom. The van der Waals surface area contributed by atoms with Gasteiger partial charge in [-0.15, -0.1) is 0 Å². The Morgan fingerprint density at radius 2 is 0.438 bits per heavy atom. The van der Waals surface area contributed by atoms with Gasteiger partial charge < -0.3 is 0 Å². The molecule has 0 aliphatic rings. The Kier molecular flexibility index (Phi) is 13.1. The summed E-state index contributed by atoms with van der Waals surface area (Å²) >= 11 is 125. The molecule has 0 rings (SSSR count). The molecule has 0 aliphatic heterocycles. The third-order valence-corrected chi connectivity index (χ3v) is 17.0. The molecule has 0 bridgehead atoms. The maximum atomic E-state index is 12.8. The number of rotatable bonds is 7. The second-order valence-corrected chi connectivity index (χ2v) is 20.0. The van der Waals surface area contributed by atoms with Crippen molar-refractivity contribution in [2.75, 3.05) is 0 Å². The van der Waals surface area contributed by atoms with Gasteiger partial charge in [-0.1, -0.05) is 244 Å². The van der Waals surface area contributed by atoms with Gasteiger partial charge in [0.1, 0.15) is 0 Å². The molecule has 1 unspecified atom stereocenters. The summed E-state index contributed by atoms with van der Waals surface area (Å²) in [7, 11) is 0. The summed E-state index contributed by atoms with van der Waals surface area (Å²) in [6.45, 7) is 0. The van der Waals surface area contributed by atoms with E-state index < -0.39 is 43.0 Å². The molecule has 22 heteroatoms. The molecule has 0 N–H and O–H groups in total. The monoisotopic (exact) mass is 870 g/mol. The van der Waals surface area contributed by atoms with Crippen LogP contribution in [0.15, 0.2) is 0 Å². The van der Waals surface area contributed by atoms with Crippen molar-refractivity contribution in [2.45, 2.75) is 43.0 Å². The van der Waals surface area contributed by atoms with Gasteiger partial charge in [-0.05, 0) is 0 Å². The van der Waals surface area contributed by atoms with Crippen LogP contribution < -0.4 is 0 Å². The van der Waals surface area contributed by atoms with Crippen molar-refractivity contribution in [2.24, 2.45) is 0 Å². The van der Waals surface area contributed by atoms with Crippen LogP contribution in [0.1, 0.15) is 0 Å². The maximum absolute atomic E-state index is 12.8. The molecule has 32 heavy (non-hydrogen) atoms. The lowest BCUT2D eigenvalue weighted by Gasteiger charge is -2.55. The molecule has 0 fully saturated rings. The lowest BCUT2D eigenvalue weighted by atomic mass is 10.0. The van der Waals surface area contributed by atoms with Gasteiger partial charge in [0.25, 0.3) is 5.06 Å². The zero-order valence-corrected chi connectivity index (χ0v) is 29.2.